The van der Waals surface area contributed by atoms with Crippen LogP contribution in [0, 0.1) is 0 Å². The molecule has 0 radical (unpaired) electrons. The quantitative estimate of drug-likeness (QED) is 0.514. The Morgan fingerprint density at radius 3 is 2.67 bits per heavy atom. The zero-order valence-corrected chi connectivity index (χ0v) is 19.4. The average molecular weight is 448 g/mol. The Hall–Kier alpha value is -3.03. The SMILES string of the molecule is CNCC(O)COc1cccc(-c2cc(N(C)C3CCCCC3)nc(-c3cccnc3)n2)c1. The molecular formula is C26H33N5O2. The fourth-order valence-electron chi connectivity index (χ4n) is 4.27. The largest absolute Gasteiger partial charge is 0.491 e. The Bertz CT molecular complexity index is 1020. The number of nitrogens with zero attached hydrogens (tertiary/aromatic N) is 4. The monoisotopic (exact) mass is 447 g/mol. The van der Waals surface area contributed by atoms with Crippen LogP contribution >= 0.6 is 0 Å². The van der Waals surface area contributed by atoms with Crippen LogP contribution in [-0.4, -0.2) is 59.5 Å². The van der Waals surface area contributed by atoms with E-state index in [1.807, 2.05) is 36.4 Å². The van der Waals surface area contributed by atoms with E-state index in [0.717, 1.165) is 22.6 Å². The maximum atomic E-state index is 9.96. The number of pyridine rings is 1. The number of nitrogens with one attached hydrogen (secondary N) is 1. The van der Waals surface area contributed by atoms with Gasteiger partial charge in [-0.25, -0.2) is 9.97 Å². The van der Waals surface area contributed by atoms with Crippen molar-refractivity contribution in [3.05, 3.63) is 54.9 Å². The minimum atomic E-state index is -0.564. The van der Waals surface area contributed by atoms with Crippen molar-refractivity contribution in [1.82, 2.24) is 20.3 Å². The molecule has 174 valence electrons. The smallest absolute Gasteiger partial charge is 0.163 e. The first-order valence-corrected chi connectivity index (χ1v) is 11.7. The molecule has 1 aromatic carbocycles. The molecular weight excluding hydrogens is 414 g/mol. The third-order valence-corrected chi connectivity index (χ3v) is 6.13. The number of benzene rings is 1. The molecule has 0 amide bonds. The number of hydrogen-bond donors (Lipinski definition) is 2. The molecule has 1 fully saturated rings. The van der Waals surface area contributed by atoms with Crippen molar-refractivity contribution < 1.29 is 9.84 Å². The van der Waals surface area contributed by atoms with Gasteiger partial charge in [0.2, 0.25) is 0 Å². The summed E-state index contributed by atoms with van der Waals surface area (Å²) in [6.45, 7) is 0.710. The lowest BCUT2D eigenvalue weighted by molar-refractivity contribution is 0.108. The van der Waals surface area contributed by atoms with Crippen molar-refractivity contribution in [3.8, 4) is 28.4 Å². The van der Waals surface area contributed by atoms with Crippen molar-refractivity contribution >= 4 is 5.82 Å². The Morgan fingerprint density at radius 2 is 1.91 bits per heavy atom. The summed E-state index contributed by atoms with van der Waals surface area (Å²) in [5.41, 5.74) is 2.67. The number of aliphatic hydroxyl groups excluding tert-OH is 1. The third-order valence-electron chi connectivity index (χ3n) is 6.13. The summed E-state index contributed by atoms with van der Waals surface area (Å²) >= 11 is 0. The predicted molar refractivity (Wildman–Crippen MR) is 131 cm³/mol. The number of ether oxygens (including phenoxy) is 1. The highest BCUT2D eigenvalue weighted by Gasteiger charge is 2.21. The summed E-state index contributed by atoms with van der Waals surface area (Å²) in [6.07, 6.45) is 9.22. The van der Waals surface area contributed by atoms with Crippen LogP contribution in [0.1, 0.15) is 32.1 Å². The minimum absolute atomic E-state index is 0.227. The van der Waals surface area contributed by atoms with Crippen LogP contribution in [0.2, 0.25) is 0 Å². The molecule has 0 spiro atoms. The molecule has 1 atom stereocenters. The topological polar surface area (TPSA) is 83.4 Å². The second kappa shape index (κ2) is 11.2. The van der Waals surface area contributed by atoms with Gasteiger partial charge in [0.05, 0.1) is 5.69 Å². The lowest BCUT2D eigenvalue weighted by atomic mass is 9.94. The maximum absolute atomic E-state index is 9.96. The first-order valence-electron chi connectivity index (χ1n) is 11.7. The highest BCUT2D eigenvalue weighted by Crippen LogP contribution is 2.31. The van der Waals surface area contributed by atoms with E-state index in [4.69, 9.17) is 14.7 Å². The van der Waals surface area contributed by atoms with Crippen LogP contribution < -0.4 is 15.0 Å². The second-order valence-corrected chi connectivity index (χ2v) is 8.63. The van der Waals surface area contributed by atoms with Gasteiger partial charge in [0.15, 0.2) is 5.82 Å². The van der Waals surface area contributed by atoms with Crippen LogP contribution in [0.25, 0.3) is 22.6 Å². The number of aromatic nitrogens is 3. The van der Waals surface area contributed by atoms with Gasteiger partial charge in [-0.1, -0.05) is 31.4 Å². The first kappa shape index (κ1) is 23.1. The van der Waals surface area contributed by atoms with Gasteiger partial charge in [-0.2, -0.15) is 0 Å². The summed E-state index contributed by atoms with van der Waals surface area (Å²) in [6, 6.07) is 14.3. The number of anilines is 1. The van der Waals surface area contributed by atoms with Gasteiger partial charge in [-0.05, 0) is 44.2 Å². The number of hydrogen-bond acceptors (Lipinski definition) is 7. The highest BCUT2D eigenvalue weighted by atomic mass is 16.5. The molecule has 3 aromatic rings. The zero-order valence-electron chi connectivity index (χ0n) is 19.4. The molecule has 33 heavy (non-hydrogen) atoms. The van der Waals surface area contributed by atoms with Crippen molar-refractivity contribution in [2.75, 3.05) is 32.1 Å². The molecule has 1 unspecified atom stereocenters. The Kier molecular flexibility index (Phi) is 7.86. The number of rotatable bonds is 9. The van der Waals surface area contributed by atoms with E-state index in [1.165, 1.54) is 32.1 Å². The normalized spacial score (nSPS) is 15.2. The summed E-state index contributed by atoms with van der Waals surface area (Å²) < 4.78 is 5.82. The lowest BCUT2D eigenvalue weighted by Crippen LogP contribution is -2.34. The fraction of sp³-hybridized carbons (Fsp3) is 0.423. The van der Waals surface area contributed by atoms with Gasteiger partial charge in [0.25, 0.3) is 0 Å². The molecule has 2 aromatic heterocycles. The first-order chi connectivity index (χ1) is 16.1. The molecule has 0 bridgehead atoms. The van der Waals surface area contributed by atoms with E-state index in [0.29, 0.717) is 24.2 Å². The summed E-state index contributed by atoms with van der Waals surface area (Å²) in [7, 11) is 3.94. The highest BCUT2D eigenvalue weighted by molar-refractivity contribution is 5.68. The minimum Gasteiger partial charge on any atom is -0.491 e. The van der Waals surface area contributed by atoms with Gasteiger partial charge >= 0.3 is 0 Å². The molecule has 2 heterocycles. The van der Waals surface area contributed by atoms with Crippen molar-refractivity contribution in [1.29, 1.82) is 0 Å². The van der Waals surface area contributed by atoms with Crippen LogP contribution in [0.4, 0.5) is 5.82 Å². The molecule has 7 heteroatoms. The van der Waals surface area contributed by atoms with E-state index in [-0.39, 0.29) is 6.61 Å². The third kappa shape index (κ3) is 6.06. The van der Waals surface area contributed by atoms with Gasteiger partial charge in [0, 0.05) is 49.2 Å². The standard InChI is InChI=1S/C26H33N5O2/c1-27-17-22(32)18-33-23-12-6-8-19(14-23)24-15-25(31(2)21-10-4-3-5-11-21)30-26(29-24)20-9-7-13-28-16-20/h6-9,12-16,21-22,27,32H,3-5,10-11,17-18H2,1-2H3. The van der Waals surface area contributed by atoms with Crippen molar-refractivity contribution in [3.63, 3.8) is 0 Å². The number of likely N-dealkylation sites (N-methyl/N-ethyl adjacent to an activating group) is 1. The van der Waals surface area contributed by atoms with Crippen molar-refractivity contribution in [2.24, 2.45) is 0 Å². The molecule has 4 rings (SSSR count). The van der Waals surface area contributed by atoms with Gasteiger partial charge in [0.1, 0.15) is 24.3 Å². The lowest BCUT2D eigenvalue weighted by Gasteiger charge is -2.32. The van der Waals surface area contributed by atoms with E-state index in [1.54, 1.807) is 19.4 Å². The molecule has 1 aliphatic rings. The Labute approximate surface area is 195 Å². The fourth-order valence-corrected chi connectivity index (χ4v) is 4.27. The van der Waals surface area contributed by atoms with Gasteiger partial charge in [-0.3, -0.25) is 4.98 Å². The maximum Gasteiger partial charge on any atom is 0.163 e. The summed E-state index contributed by atoms with van der Waals surface area (Å²) in [5, 5.41) is 12.9. The zero-order chi connectivity index (χ0) is 23.0. The molecule has 1 saturated carbocycles. The molecule has 2 N–H and O–H groups in total. The molecule has 7 nitrogen and oxygen atoms in total. The van der Waals surface area contributed by atoms with Crippen LogP contribution in [0.3, 0.4) is 0 Å². The van der Waals surface area contributed by atoms with Crippen LogP contribution in [0.15, 0.2) is 54.9 Å². The molecule has 0 saturated heterocycles. The van der Waals surface area contributed by atoms with E-state index < -0.39 is 6.10 Å². The van der Waals surface area contributed by atoms with Crippen LogP contribution in [-0.2, 0) is 0 Å². The Balaban J connectivity index is 1.66. The predicted octanol–water partition coefficient (Wildman–Crippen LogP) is 3.93. The second-order valence-electron chi connectivity index (χ2n) is 8.63. The van der Waals surface area contributed by atoms with Gasteiger partial charge in [-0.15, -0.1) is 0 Å². The van der Waals surface area contributed by atoms with E-state index in [9.17, 15) is 5.11 Å². The molecule has 0 aliphatic heterocycles. The van der Waals surface area contributed by atoms with E-state index in [2.05, 4.69) is 28.3 Å². The number of aliphatic hydroxyl groups is 1. The summed E-state index contributed by atoms with van der Waals surface area (Å²) in [5.74, 6) is 2.28. The molecule has 1 aliphatic carbocycles. The summed E-state index contributed by atoms with van der Waals surface area (Å²) in [4.78, 5) is 16.3. The van der Waals surface area contributed by atoms with E-state index >= 15 is 0 Å². The average Bonchev–Trinajstić information content (AvgIpc) is 2.88. The Morgan fingerprint density at radius 1 is 1.09 bits per heavy atom. The van der Waals surface area contributed by atoms with Crippen molar-refractivity contribution in [2.45, 2.75) is 44.2 Å². The van der Waals surface area contributed by atoms with Gasteiger partial charge < -0.3 is 20.1 Å². The van der Waals surface area contributed by atoms with Crippen LogP contribution in [0.5, 0.6) is 5.75 Å².